The Morgan fingerprint density at radius 1 is 1.18 bits per heavy atom. The molecule has 28 heavy (non-hydrogen) atoms. The second kappa shape index (κ2) is 7.24. The minimum Gasteiger partial charge on any atom is -0.344 e. The molecule has 2 aromatic heterocycles. The maximum atomic E-state index is 13.3. The van der Waals surface area contributed by atoms with Gasteiger partial charge in [-0.2, -0.15) is 13.2 Å². The molecule has 0 unspecified atom stereocenters. The summed E-state index contributed by atoms with van der Waals surface area (Å²) in [5, 5.41) is 1.24. The van der Waals surface area contributed by atoms with E-state index < -0.39 is 11.7 Å². The average Bonchev–Trinajstić information content (AvgIpc) is 2.98. The Hall–Kier alpha value is -2.34. The van der Waals surface area contributed by atoms with Crippen molar-refractivity contribution in [1.82, 2.24) is 14.5 Å². The third kappa shape index (κ3) is 3.41. The molecule has 0 N–H and O–H groups in total. The molecule has 1 aliphatic heterocycles. The molecule has 0 atom stereocenters. The summed E-state index contributed by atoms with van der Waals surface area (Å²) in [6.45, 7) is 4.50. The molecule has 148 valence electrons. The molecule has 1 aliphatic rings. The summed E-state index contributed by atoms with van der Waals surface area (Å²) in [4.78, 5) is 6.22. The van der Waals surface area contributed by atoms with Gasteiger partial charge in [0.15, 0.2) is 0 Å². The molecule has 0 bridgehead atoms. The molecule has 3 aromatic rings. The Morgan fingerprint density at radius 3 is 2.75 bits per heavy atom. The zero-order valence-electron chi connectivity index (χ0n) is 16.2. The van der Waals surface area contributed by atoms with Gasteiger partial charge < -0.3 is 9.47 Å². The number of hydrogen-bond acceptors (Lipinski definition) is 2. The number of hydrogen-bond donors (Lipinski definition) is 0. The number of nitrogens with zero attached hydrogens (tertiary/aromatic N) is 3. The lowest BCUT2D eigenvalue weighted by molar-refractivity contribution is -0.138. The fourth-order valence-electron chi connectivity index (χ4n) is 4.24. The van der Waals surface area contributed by atoms with Gasteiger partial charge in [0, 0.05) is 55.0 Å². The van der Waals surface area contributed by atoms with Crippen LogP contribution in [0.2, 0.25) is 0 Å². The molecule has 1 aromatic carbocycles. The van der Waals surface area contributed by atoms with Crippen LogP contribution in [-0.4, -0.2) is 28.0 Å². The molecule has 0 fully saturated rings. The summed E-state index contributed by atoms with van der Waals surface area (Å²) >= 11 is 0. The van der Waals surface area contributed by atoms with Crippen LogP contribution >= 0.6 is 0 Å². The predicted molar refractivity (Wildman–Crippen MR) is 104 cm³/mol. The van der Waals surface area contributed by atoms with E-state index in [1.54, 1.807) is 0 Å². The number of aromatic nitrogens is 2. The Kier molecular flexibility index (Phi) is 4.91. The van der Waals surface area contributed by atoms with Gasteiger partial charge in [0.2, 0.25) is 0 Å². The van der Waals surface area contributed by atoms with Crippen LogP contribution in [-0.2, 0) is 38.5 Å². The van der Waals surface area contributed by atoms with Gasteiger partial charge >= 0.3 is 6.18 Å². The molecule has 6 heteroatoms. The Bertz CT molecular complexity index is 1000. The second-order valence-electron chi connectivity index (χ2n) is 7.55. The molecule has 0 amide bonds. The molecule has 0 radical (unpaired) electrons. The van der Waals surface area contributed by atoms with E-state index >= 15 is 0 Å². The summed E-state index contributed by atoms with van der Waals surface area (Å²) < 4.78 is 42.2. The van der Waals surface area contributed by atoms with E-state index in [0.717, 1.165) is 37.5 Å². The highest BCUT2D eigenvalue weighted by Crippen LogP contribution is 2.34. The third-order valence-electron chi connectivity index (χ3n) is 5.73. The lowest BCUT2D eigenvalue weighted by Crippen LogP contribution is -2.27. The lowest BCUT2D eigenvalue weighted by Gasteiger charge is -2.24. The normalized spacial score (nSPS) is 15.2. The van der Waals surface area contributed by atoms with E-state index in [1.165, 1.54) is 34.6 Å². The molecule has 0 aliphatic carbocycles. The van der Waals surface area contributed by atoms with Crippen molar-refractivity contribution < 1.29 is 13.2 Å². The minimum atomic E-state index is -4.35. The highest BCUT2D eigenvalue weighted by molar-refractivity contribution is 5.86. The number of alkyl halides is 3. The number of fused-ring (bicyclic) bond motifs is 3. The van der Waals surface area contributed by atoms with Gasteiger partial charge in [-0.1, -0.05) is 13.0 Å². The quantitative estimate of drug-likeness (QED) is 0.638. The van der Waals surface area contributed by atoms with Crippen LogP contribution in [0.15, 0.2) is 36.7 Å². The van der Waals surface area contributed by atoms with Crippen molar-refractivity contribution in [2.75, 3.05) is 13.6 Å². The summed E-state index contributed by atoms with van der Waals surface area (Å²) in [5.74, 6) is 0. The van der Waals surface area contributed by atoms with Crippen molar-refractivity contribution in [3.63, 3.8) is 0 Å². The van der Waals surface area contributed by atoms with Crippen molar-refractivity contribution >= 4 is 10.9 Å². The highest BCUT2D eigenvalue weighted by Gasteiger charge is 2.33. The largest absolute Gasteiger partial charge is 0.416 e. The zero-order valence-corrected chi connectivity index (χ0v) is 16.2. The van der Waals surface area contributed by atoms with Gasteiger partial charge in [0.05, 0.1) is 5.56 Å². The third-order valence-corrected chi connectivity index (χ3v) is 5.73. The summed E-state index contributed by atoms with van der Waals surface area (Å²) in [7, 11) is 2.11. The van der Waals surface area contributed by atoms with Gasteiger partial charge in [-0.3, -0.25) is 4.98 Å². The number of pyridine rings is 1. The topological polar surface area (TPSA) is 21.1 Å². The Labute approximate surface area is 162 Å². The first-order valence-electron chi connectivity index (χ1n) is 9.70. The average molecular weight is 387 g/mol. The number of halogens is 3. The molecular formula is C22H24F3N3. The van der Waals surface area contributed by atoms with Crippen LogP contribution in [0.1, 0.15) is 34.9 Å². The van der Waals surface area contributed by atoms with Crippen molar-refractivity contribution in [3.8, 4) is 0 Å². The fraction of sp³-hybridized carbons (Fsp3) is 0.409. The SMILES string of the molecule is CCc1ccc2c(c1)c1c(n2CCc2cnccc2C(F)(F)F)CCN(C)C1. The monoisotopic (exact) mass is 387 g/mol. The van der Waals surface area contributed by atoms with E-state index in [4.69, 9.17) is 0 Å². The van der Waals surface area contributed by atoms with Crippen molar-refractivity contribution in [3.05, 3.63) is 64.6 Å². The van der Waals surface area contributed by atoms with Gasteiger partial charge in [0.1, 0.15) is 0 Å². The van der Waals surface area contributed by atoms with Gasteiger partial charge in [-0.05, 0) is 54.8 Å². The molecule has 4 rings (SSSR count). The van der Waals surface area contributed by atoms with Crippen molar-refractivity contribution in [1.29, 1.82) is 0 Å². The van der Waals surface area contributed by atoms with Crippen molar-refractivity contribution in [2.24, 2.45) is 0 Å². The molecule has 0 saturated heterocycles. The zero-order chi connectivity index (χ0) is 19.9. The van der Waals surface area contributed by atoms with Crippen LogP contribution in [0, 0.1) is 0 Å². The molecule has 3 heterocycles. The first-order valence-corrected chi connectivity index (χ1v) is 9.70. The van der Waals surface area contributed by atoms with Gasteiger partial charge in [0.25, 0.3) is 0 Å². The first-order chi connectivity index (χ1) is 13.4. The molecule has 0 spiro atoms. The molecule has 3 nitrogen and oxygen atoms in total. The van der Waals surface area contributed by atoms with Crippen LogP contribution < -0.4 is 0 Å². The second-order valence-corrected chi connectivity index (χ2v) is 7.55. The van der Waals surface area contributed by atoms with Gasteiger partial charge in [-0.15, -0.1) is 0 Å². The number of benzene rings is 1. The van der Waals surface area contributed by atoms with Gasteiger partial charge in [-0.25, -0.2) is 0 Å². The maximum absolute atomic E-state index is 13.3. The fourth-order valence-corrected chi connectivity index (χ4v) is 4.24. The first kappa shape index (κ1) is 19.0. The number of likely N-dealkylation sites (N-methyl/N-ethyl adjacent to an activating group) is 1. The smallest absolute Gasteiger partial charge is 0.344 e. The number of aryl methyl sites for hydroxylation is 3. The van der Waals surface area contributed by atoms with E-state index in [2.05, 4.69) is 46.6 Å². The number of rotatable bonds is 4. The molecular weight excluding hydrogens is 363 g/mol. The van der Waals surface area contributed by atoms with E-state index in [1.807, 2.05) is 0 Å². The summed E-state index contributed by atoms with van der Waals surface area (Å²) in [6, 6.07) is 7.57. The van der Waals surface area contributed by atoms with Crippen LogP contribution in [0.3, 0.4) is 0 Å². The van der Waals surface area contributed by atoms with Crippen LogP contribution in [0.5, 0.6) is 0 Å². The van der Waals surface area contributed by atoms with Crippen LogP contribution in [0.4, 0.5) is 13.2 Å². The molecule has 0 saturated carbocycles. The minimum absolute atomic E-state index is 0.253. The Morgan fingerprint density at radius 2 is 2.00 bits per heavy atom. The van der Waals surface area contributed by atoms with E-state index in [0.29, 0.717) is 13.0 Å². The van der Waals surface area contributed by atoms with Crippen molar-refractivity contribution in [2.45, 2.75) is 45.5 Å². The summed E-state index contributed by atoms with van der Waals surface area (Å²) in [5.41, 5.74) is 4.66. The predicted octanol–water partition coefficient (Wildman–Crippen LogP) is 4.85. The Balaban J connectivity index is 1.74. The van der Waals surface area contributed by atoms with E-state index in [-0.39, 0.29) is 5.56 Å². The maximum Gasteiger partial charge on any atom is 0.416 e. The lowest BCUT2D eigenvalue weighted by atomic mass is 10.0. The highest BCUT2D eigenvalue weighted by atomic mass is 19.4. The summed E-state index contributed by atoms with van der Waals surface area (Å²) in [6.07, 6.45) is 0.405. The standard InChI is InChI=1S/C22H24F3N3/c1-3-15-4-5-20-17(12-15)18-14-27(2)10-8-21(18)28(20)11-7-16-13-26-9-6-19(16)22(23,24)25/h4-6,9,12-13H,3,7-8,10-11,14H2,1-2H3. The van der Waals surface area contributed by atoms with Crippen LogP contribution in [0.25, 0.3) is 10.9 Å². The van der Waals surface area contributed by atoms with E-state index in [9.17, 15) is 13.2 Å².